The largest absolute Gasteiger partial charge is 0.382 e. The number of nitrogens with zero attached hydrogens (tertiary/aromatic N) is 2. The van der Waals surface area contributed by atoms with Crippen LogP contribution in [-0.4, -0.2) is 28.2 Å². The van der Waals surface area contributed by atoms with Crippen LogP contribution in [0.5, 0.6) is 0 Å². The molecule has 0 bridgehead atoms. The summed E-state index contributed by atoms with van der Waals surface area (Å²) >= 11 is 0. The van der Waals surface area contributed by atoms with Gasteiger partial charge >= 0.3 is 0 Å². The minimum absolute atomic E-state index is 0.0447. The molecule has 0 fully saturated rings. The molecule has 1 amide bonds. The van der Waals surface area contributed by atoms with E-state index in [1.165, 1.54) is 6.07 Å². The van der Waals surface area contributed by atoms with Crippen LogP contribution in [0.15, 0.2) is 29.4 Å². The molecule has 1 aliphatic heterocycles. The molecule has 112 valence electrons. The number of hydrogen-bond acceptors (Lipinski definition) is 5. The molecule has 0 aliphatic carbocycles. The third-order valence-electron chi connectivity index (χ3n) is 2.87. The van der Waals surface area contributed by atoms with Crippen molar-refractivity contribution in [2.75, 3.05) is 0 Å². The molecule has 0 saturated carbocycles. The van der Waals surface area contributed by atoms with Gasteiger partial charge in [-0.1, -0.05) is 17.3 Å². The minimum atomic E-state index is -0.751. The normalized spacial score (nSPS) is 17.9. The highest BCUT2D eigenvalue weighted by atomic mass is 16.6. The van der Waals surface area contributed by atoms with Crippen LogP contribution in [0, 0.1) is 10.1 Å². The van der Waals surface area contributed by atoms with Crippen LogP contribution in [-0.2, 0) is 9.63 Å². The molecule has 0 radical (unpaired) electrons. The van der Waals surface area contributed by atoms with Crippen molar-refractivity contribution in [2.24, 2.45) is 5.16 Å². The number of rotatable bonds is 3. The molecule has 21 heavy (non-hydrogen) atoms. The summed E-state index contributed by atoms with van der Waals surface area (Å²) in [5.74, 6) is -0.278. The summed E-state index contributed by atoms with van der Waals surface area (Å²) in [6, 6.07) is 6.28. The Morgan fingerprint density at radius 2 is 2.10 bits per heavy atom. The Labute approximate surface area is 122 Å². The summed E-state index contributed by atoms with van der Waals surface area (Å²) in [6.45, 7) is 5.59. The quantitative estimate of drug-likeness (QED) is 0.680. The van der Waals surface area contributed by atoms with Gasteiger partial charge in [-0.3, -0.25) is 14.9 Å². The topological polar surface area (TPSA) is 93.8 Å². The minimum Gasteiger partial charge on any atom is -0.382 e. The fourth-order valence-electron chi connectivity index (χ4n) is 2.00. The van der Waals surface area contributed by atoms with Crippen molar-refractivity contribution in [3.05, 3.63) is 39.9 Å². The highest BCUT2D eigenvalue weighted by Gasteiger charge is 2.33. The first-order chi connectivity index (χ1) is 9.78. The van der Waals surface area contributed by atoms with E-state index in [2.05, 4.69) is 10.5 Å². The van der Waals surface area contributed by atoms with E-state index in [1.54, 1.807) is 18.2 Å². The van der Waals surface area contributed by atoms with Crippen molar-refractivity contribution in [1.29, 1.82) is 0 Å². The molecule has 1 N–H and O–H groups in total. The molecule has 0 saturated heterocycles. The first-order valence-corrected chi connectivity index (χ1v) is 6.56. The third kappa shape index (κ3) is 3.56. The van der Waals surface area contributed by atoms with Crippen molar-refractivity contribution < 1.29 is 14.6 Å². The molecule has 2 rings (SSSR count). The highest BCUT2D eigenvalue weighted by Crippen LogP contribution is 2.24. The van der Waals surface area contributed by atoms with Crippen LogP contribution in [0.2, 0.25) is 0 Å². The Kier molecular flexibility index (Phi) is 3.93. The summed E-state index contributed by atoms with van der Waals surface area (Å²) in [6.07, 6.45) is -0.536. The molecule has 7 nitrogen and oxygen atoms in total. The molecule has 0 spiro atoms. The van der Waals surface area contributed by atoms with E-state index in [0.29, 0.717) is 11.3 Å². The lowest BCUT2D eigenvalue weighted by Crippen LogP contribution is -2.45. The van der Waals surface area contributed by atoms with Gasteiger partial charge in [-0.05, 0) is 26.8 Å². The first-order valence-electron chi connectivity index (χ1n) is 6.56. The van der Waals surface area contributed by atoms with Crippen molar-refractivity contribution in [1.82, 2.24) is 5.32 Å². The lowest BCUT2D eigenvalue weighted by molar-refractivity contribution is -0.385. The maximum atomic E-state index is 12.0. The highest BCUT2D eigenvalue weighted by molar-refractivity contribution is 6.06. The van der Waals surface area contributed by atoms with Gasteiger partial charge < -0.3 is 10.2 Å². The number of nitrogens with one attached hydrogen (secondary N) is 1. The monoisotopic (exact) mass is 291 g/mol. The molecule has 1 unspecified atom stereocenters. The number of hydrogen-bond donors (Lipinski definition) is 1. The van der Waals surface area contributed by atoms with Gasteiger partial charge in [-0.2, -0.15) is 0 Å². The molecule has 1 heterocycles. The number of nitro groups is 1. The predicted molar refractivity (Wildman–Crippen MR) is 77.0 cm³/mol. The standard InChI is InChI=1S/C14H17N3O4/c1-14(2,3)15-13(18)12-8-10(16-21-12)9-6-4-5-7-11(9)17(19)20/h4-7,12H,8H2,1-3H3,(H,15,18). The molecular formula is C14H17N3O4. The SMILES string of the molecule is CC(C)(C)NC(=O)C1CC(c2ccccc2[N+](=O)[O-])=NO1. The third-order valence-corrected chi connectivity index (χ3v) is 2.87. The van der Waals surface area contributed by atoms with Crippen molar-refractivity contribution in [3.8, 4) is 0 Å². The van der Waals surface area contributed by atoms with Crippen LogP contribution in [0.25, 0.3) is 0 Å². The van der Waals surface area contributed by atoms with Gasteiger partial charge in [0.2, 0.25) is 6.10 Å². The second kappa shape index (κ2) is 5.51. The van der Waals surface area contributed by atoms with Gasteiger partial charge in [0, 0.05) is 18.0 Å². The van der Waals surface area contributed by atoms with Crippen LogP contribution >= 0.6 is 0 Å². The molecular weight excluding hydrogens is 274 g/mol. The summed E-state index contributed by atoms with van der Waals surface area (Å²) in [5.41, 5.74) is 0.378. The number of carbonyl (C=O) groups excluding carboxylic acids is 1. The summed E-state index contributed by atoms with van der Waals surface area (Å²) in [4.78, 5) is 27.7. The fraction of sp³-hybridized carbons (Fsp3) is 0.429. The lowest BCUT2D eigenvalue weighted by Gasteiger charge is -2.22. The van der Waals surface area contributed by atoms with E-state index in [0.717, 1.165) is 0 Å². The number of carbonyl (C=O) groups is 1. The van der Waals surface area contributed by atoms with Gasteiger partial charge in [0.25, 0.3) is 11.6 Å². The Balaban J connectivity index is 2.13. The molecule has 1 aliphatic rings. The van der Waals surface area contributed by atoms with Crippen LogP contribution in [0.4, 0.5) is 5.69 Å². The zero-order valence-electron chi connectivity index (χ0n) is 12.1. The van der Waals surface area contributed by atoms with Crippen LogP contribution in [0.3, 0.4) is 0 Å². The fourth-order valence-corrected chi connectivity index (χ4v) is 2.00. The van der Waals surface area contributed by atoms with E-state index in [-0.39, 0.29) is 23.6 Å². The maximum Gasteiger partial charge on any atom is 0.278 e. The van der Waals surface area contributed by atoms with Crippen molar-refractivity contribution >= 4 is 17.3 Å². The van der Waals surface area contributed by atoms with E-state index in [1.807, 2.05) is 20.8 Å². The van der Waals surface area contributed by atoms with E-state index in [4.69, 9.17) is 4.84 Å². The van der Waals surface area contributed by atoms with Crippen LogP contribution < -0.4 is 5.32 Å². The van der Waals surface area contributed by atoms with Gasteiger partial charge in [0.05, 0.1) is 16.2 Å². The second-order valence-electron chi connectivity index (χ2n) is 5.85. The zero-order valence-corrected chi connectivity index (χ0v) is 12.1. The number of benzene rings is 1. The Bertz CT molecular complexity index is 604. The van der Waals surface area contributed by atoms with Gasteiger partial charge in [0.15, 0.2) is 0 Å². The summed E-state index contributed by atoms with van der Waals surface area (Å²) in [5, 5.41) is 17.6. The molecule has 7 heteroatoms. The first kappa shape index (κ1) is 15.0. The van der Waals surface area contributed by atoms with Crippen molar-refractivity contribution in [2.45, 2.75) is 38.8 Å². The summed E-state index contributed by atoms with van der Waals surface area (Å²) in [7, 11) is 0. The van der Waals surface area contributed by atoms with Gasteiger partial charge in [-0.15, -0.1) is 0 Å². The van der Waals surface area contributed by atoms with Crippen molar-refractivity contribution in [3.63, 3.8) is 0 Å². The molecule has 1 atom stereocenters. The van der Waals surface area contributed by atoms with Gasteiger partial charge in [0.1, 0.15) is 0 Å². The Morgan fingerprint density at radius 1 is 1.43 bits per heavy atom. The second-order valence-corrected chi connectivity index (χ2v) is 5.85. The summed E-state index contributed by atoms with van der Waals surface area (Å²) < 4.78 is 0. The molecule has 1 aromatic carbocycles. The average molecular weight is 291 g/mol. The van der Waals surface area contributed by atoms with Crippen LogP contribution in [0.1, 0.15) is 32.8 Å². The average Bonchev–Trinajstić information content (AvgIpc) is 2.86. The number of amides is 1. The maximum absolute atomic E-state index is 12.0. The van der Waals surface area contributed by atoms with Gasteiger partial charge in [-0.25, -0.2) is 0 Å². The number of oxime groups is 1. The molecule has 0 aromatic heterocycles. The van der Waals surface area contributed by atoms with E-state index >= 15 is 0 Å². The Hall–Kier alpha value is -2.44. The number of nitro benzene ring substituents is 1. The smallest absolute Gasteiger partial charge is 0.278 e. The molecule has 1 aromatic rings. The lowest BCUT2D eigenvalue weighted by atomic mass is 10.0. The van der Waals surface area contributed by atoms with E-state index < -0.39 is 11.0 Å². The number of para-hydroxylation sites is 1. The van der Waals surface area contributed by atoms with E-state index in [9.17, 15) is 14.9 Å². The predicted octanol–water partition coefficient (Wildman–Crippen LogP) is 2.00. The zero-order chi connectivity index (χ0) is 15.6. The Morgan fingerprint density at radius 3 is 2.71 bits per heavy atom.